The lowest BCUT2D eigenvalue weighted by Crippen LogP contribution is -2.35. The van der Waals surface area contributed by atoms with Gasteiger partial charge in [-0.15, -0.1) is 4.40 Å². The van der Waals surface area contributed by atoms with Gasteiger partial charge in [0.15, 0.2) is 5.82 Å². The van der Waals surface area contributed by atoms with Gasteiger partial charge in [0.2, 0.25) is 5.78 Å². The van der Waals surface area contributed by atoms with Crippen LogP contribution in [-0.2, 0) is 17.1 Å². The summed E-state index contributed by atoms with van der Waals surface area (Å²) < 4.78 is 35.9. The quantitative estimate of drug-likeness (QED) is 0.152. The van der Waals surface area contributed by atoms with Gasteiger partial charge in [0.1, 0.15) is 12.1 Å². The molecule has 2 rings (SSSR count). The van der Waals surface area contributed by atoms with Crippen LogP contribution < -0.4 is 21.3 Å². The van der Waals surface area contributed by atoms with Gasteiger partial charge in [-0.1, -0.05) is 0 Å². The number of nitrogens with zero attached hydrogens (tertiary/aromatic N) is 3. The topological polar surface area (TPSA) is 141 Å². The van der Waals surface area contributed by atoms with Crippen LogP contribution in [0.5, 0.6) is 5.75 Å². The Balaban J connectivity index is 1.85. The SMILES string of the molecule is COc1cc(C)c(S(=O)(=O)N=CNNCCCC(N)C(=O)c2nccn2C)c(C)c1C. The number of ketones is 1. The van der Waals surface area contributed by atoms with Gasteiger partial charge in [0.25, 0.3) is 10.0 Å². The van der Waals surface area contributed by atoms with Crippen LogP contribution in [0.25, 0.3) is 0 Å². The van der Waals surface area contributed by atoms with E-state index in [1.807, 2.05) is 0 Å². The second-order valence-corrected chi connectivity index (χ2v) is 8.80. The number of imidazole rings is 1. The first-order chi connectivity index (χ1) is 14.6. The molecular formula is C20H30N6O4S. The molecule has 0 saturated heterocycles. The van der Waals surface area contributed by atoms with Gasteiger partial charge in [-0.3, -0.25) is 4.79 Å². The number of ether oxygens (including phenoxy) is 1. The zero-order valence-corrected chi connectivity index (χ0v) is 19.3. The summed E-state index contributed by atoms with van der Waals surface area (Å²) >= 11 is 0. The Morgan fingerprint density at radius 1 is 1.35 bits per heavy atom. The average Bonchev–Trinajstić information content (AvgIpc) is 3.14. The second-order valence-electron chi connectivity index (χ2n) is 7.23. The number of hydrogen-bond acceptors (Lipinski definition) is 7. The number of sulfonamides is 1. The molecule has 1 unspecified atom stereocenters. The molecule has 11 heteroatoms. The minimum absolute atomic E-state index is 0.169. The Labute approximate surface area is 182 Å². The number of hydrogen-bond donors (Lipinski definition) is 3. The molecule has 0 fully saturated rings. The minimum Gasteiger partial charge on any atom is -0.496 e. The zero-order chi connectivity index (χ0) is 23.2. The van der Waals surface area contributed by atoms with E-state index in [4.69, 9.17) is 10.5 Å². The molecule has 1 atom stereocenters. The van der Waals surface area contributed by atoms with Crippen LogP contribution in [0, 0.1) is 20.8 Å². The first-order valence-electron chi connectivity index (χ1n) is 9.79. The van der Waals surface area contributed by atoms with Crippen molar-refractivity contribution in [3.8, 4) is 5.75 Å². The fourth-order valence-electron chi connectivity index (χ4n) is 3.21. The Bertz CT molecular complexity index is 1060. The molecule has 0 aliphatic heterocycles. The molecule has 0 radical (unpaired) electrons. The highest BCUT2D eigenvalue weighted by Gasteiger charge is 2.22. The molecule has 0 amide bonds. The van der Waals surface area contributed by atoms with Crippen LogP contribution in [0.2, 0.25) is 0 Å². The molecule has 0 spiro atoms. The molecule has 31 heavy (non-hydrogen) atoms. The number of rotatable bonds is 11. The lowest BCUT2D eigenvalue weighted by Gasteiger charge is -2.14. The van der Waals surface area contributed by atoms with Crippen LogP contribution in [0.15, 0.2) is 27.8 Å². The van der Waals surface area contributed by atoms with Crippen molar-refractivity contribution in [1.82, 2.24) is 20.4 Å². The molecule has 1 heterocycles. The van der Waals surface area contributed by atoms with Crippen molar-refractivity contribution in [2.75, 3.05) is 13.7 Å². The molecular weight excluding hydrogens is 420 g/mol. The summed E-state index contributed by atoms with van der Waals surface area (Å²) in [6.45, 7) is 5.71. The summed E-state index contributed by atoms with van der Waals surface area (Å²) in [6.07, 6.45) is 5.39. The van der Waals surface area contributed by atoms with Gasteiger partial charge in [-0.25, -0.2) is 10.4 Å². The Kier molecular flexibility index (Phi) is 8.31. The molecule has 2 aromatic rings. The summed E-state index contributed by atoms with van der Waals surface area (Å²) in [5.41, 5.74) is 13.3. The third-order valence-corrected chi connectivity index (χ3v) is 6.54. The minimum atomic E-state index is -3.88. The van der Waals surface area contributed by atoms with E-state index in [1.54, 1.807) is 58.0 Å². The average molecular weight is 451 g/mol. The van der Waals surface area contributed by atoms with E-state index in [9.17, 15) is 13.2 Å². The molecule has 0 bridgehead atoms. The van der Waals surface area contributed by atoms with E-state index in [2.05, 4.69) is 20.2 Å². The fraction of sp³-hybridized carbons (Fsp3) is 0.450. The first-order valence-corrected chi connectivity index (χ1v) is 11.2. The maximum Gasteiger partial charge on any atom is 0.284 e. The molecule has 1 aromatic carbocycles. The van der Waals surface area contributed by atoms with E-state index in [0.29, 0.717) is 42.1 Å². The molecule has 0 saturated carbocycles. The van der Waals surface area contributed by atoms with Gasteiger partial charge >= 0.3 is 0 Å². The number of carbonyl (C=O) groups is 1. The normalized spacial score (nSPS) is 12.8. The number of nitrogens with one attached hydrogen (secondary N) is 2. The number of methoxy groups -OCH3 is 1. The summed E-state index contributed by atoms with van der Waals surface area (Å²) in [6, 6.07) is 1.03. The summed E-state index contributed by atoms with van der Waals surface area (Å²) in [4.78, 5) is 16.4. The standard InChI is InChI=1S/C20H30N6O4S/c1-13-11-17(30-5)14(2)15(3)19(13)31(28,29)25-12-24-23-8-6-7-16(21)18(27)20-22-9-10-26(20)4/h9-12,16,23H,6-8,21H2,1-5H3,(H,24,25). The number of aromatic nitrogens is 2. The second kappa shape index (κ2) is 10.5. The number of benzene rings is 1. The molecule has 0 aliphatic carbocycles. The van der Waals surface area contributed by atoms with Crippen LogP contribution in [0.4, 0.5) is 0 Å². The van der Waals surface area contributed by atoms with Crippen molar-refractivity contribution in [3.05, 3.63) is 41.0 Å². The van der Waals surface area contributed by atoms with Gasteiger partial charge < -0.3 is 20.5 Å². The van der Waals surface area contributed by atoms with Gasteiger partial charge in [0, 0.05) is 26.0 Å². The van der Waals surface area contributed by atoms with Crippen LogP contribution in [-0.4, -0.2) is 49.8 Å². The van der Waals surface area contributed by atoms with Crippen molar-refractivity contribution >= 4 is 22.1 Å². The van der Waals surface area contributed by atoms with Gasteiger partial charge in [0.05, 0.1) is 18.0 Å². The smallest absolute Gasteiger partial charge is 0.284 e. The molecule has 0 aliphatic rings. The maximum atomic E-state index is 12.7. The van der Waals surface area contributed by atoms with Crippen molar-refractivity contribution in [1.29, 1.82) is 0 Å². The van der Waals surface area contributed by atoms with Crippen molar-refractivity contribution < 1.29 is 17.9 Å². The zero-order valence-electron chi connectivity index (χ0n) is 18.5. The molecule has 10 nitrogen and oxygen atoms in total. The van der Waals surface area contributed by atoms with Crippen molar-refractivity contribution in [3.63, 3.8) is 0 Å². The molecule has 4 N–H and O–H groups in total. The predicted molar refractivity (Wildman–Crippen MR) is 119 cm³/mol. The summed E-state index contributed by atoms with van der Waals surface area (Å²) in [5, 5.41) is 0. The Hall–Kier alpha value is -2.76. The van der Waals surface area contributed by atoms with Crippen molar-refractivity contribution in [2.24, 2.45) is 17.2 Å². The van der Waals surface area contributed by atoms with E-state index in [0.717, 1.165) is 11.9 Å². The monoisotopic (exact) mass is 450 g/mol. The Morgan fingerprint density at radius 3 is 2.68 bits per heavy atom. The number of aryl methyl sites for hydroxylation is 2. The number of nitrogens with two attached hydrogens (primary N) is 1. The van der Waals surface area contributed by atoms with Gasteiger partial charge in [-0.05, 0) is 56.4 Å². The molecule has 1 aromatic heterocycles. The maximum absolute atomic E-state index is 12.7. The van der Waals surface area contributed by atoms with E-state index in [-0.39, 0.29) is 10.7 Å². The third-order valence-electron chi connectivity index (χ3n) is 5.01. The van der Waals surface area contributed by atoms with Crippen molar-refractivity contribution in [2.45, 2.75) is 44.6 Å². The largest absolute Gasteiger partial charge is 0.496 e. The number of Topliss-reactive ketones (excluding diaryl/α,β-unsaturated/α-hetero) is 1. The van der Waals surface area contributed by atoms with Crippen LogP contribution >= 0.6 is 0 Å². The lowest BCUT2D eigenvalue weighted by atomic mass is 10.1. The molecule has 170 valence electrons. The van der Waals surface area contributed by atoms with Gasteiger partial charge in [-0.2, -0.15) is 8.42 Å². The summed E-state index contributed by atoms with van der Waals surface area (Å²) in [5.74, 6) is 0.751. The highest BCUT2D eigenvalue weighted by molar-refractivity contribution is 7.90. The highest BCUT2D eigenvalue weighted by atomic mass is 32.2. The Morgan fingerprint density at radius 2 is 2.06 bits per heavy atom. The number of hydrazine groups is 1. The number of carbonyl (C=O) groups excluding carboxylic acids is 1. The first kappa shape index (κ1) is 24.5. The highest BCUT2D eigenvalue weighted by Crippen LogP contribution is 2.31. The third kappa shape index (κ3) is 5.90. The predicted octanol–water partition coefficient (Wildman–Crippen LogP) is 1.16. The fourth-order valence-corrected chi connectivity index (χ4v) is 4.51. The summed E-state index contributed by atoms with van der Waals surface area (Å²) in [7, 11) is -0.594. The van der Waals surface area contributed by atoms with E-state index < -0.39 is 16.1 Å². The van der Waals surface area contributed by atoms with E-state index >= 15 is 0 Å². The van der Waals surface area contributed by atoms with Crippen LogP contribution in [0.3, 0.4) is 0 Å². The van der Waals surface area contributed by atoms with Crippen LogP contribution in [0.1, 0.15) is 40.2 Å². The van der Waals surface area contributed by atoms with E-state index in [1.165, 1.54) is 0 Å². The lowest BCUT2D eigenvalue weighted by molar-refractivity contribution is 0.0943.